The number of carbonyl (C=O) groups is 1. The maximum atomic E-state index is 12.9. The van der Waals surface area contributed by atoms with Crippen LogP contribution in [0, 0.1) is 0 Å². The largest absolute Gasteiger partial charge is 0.446 e. The van der Waals surface area contributed by atoms with E-state index in [-0.39, 0.29) is 28.6 Å². The first-order valence-electron chi connectivity index (χ1n) is 11.9. The van der Waals surface area contributed by atoms with Gasteiger partial charge in [-0.2, -0.15) is 13.2 Å². The molecule has 0 radical (unpaired) electrons. The summed E-state index contributed by atoms with van der Waals surface area (Å²) in [4.78, 5) is 19.6. The van der Waals surface area contributed by atoms with E-state index in [0.29, 0.717) is 13.0 Å². The monoisotopic (exact) mass is 526 g/mol. The zero-order chi connectivity index (χ0) is 24.8. The number of halogens is 4. The first-order chi connectivity index (χ1) is 16.7. The van der Waals surface area contributed by atoms with Gasteiger partial charge in [0.25, 0.3) is 0 Å². The van der Waals surface area contributed by atoms with Gasteiger partial charge in [0, 0.05) is 79.6 Å². The fourth-order valence-corrected chi connectivity index (χ4v) is 5.27. The molecule has 0 spiro atoms. The second-order valence-corrected chi connectivity index (χ2v) is 10.5. The molecule has 4 rings (SSSR count). The van der Waals surface area contributed by atoms with E-state index in [2.05, 4.69) is 15.1 Å². The number of nitrogens with one attached hydrogen (secondary N) is 1. The van der Waals surface area contributed by atoms with Crippen LogP contribution in [0.5, 0.6) is 0 Å². The number of piperazine rings is 1. The van der Waals surface area contributed by atoms with Crippen LogP contribution in [0.1, 0.15) is 19.3 Å². The molecule has 0 bridgehead atoms. The fourth-order valence-electron chi connectivity index (χ4n) is 4.60. The van der Waals surface area contributed by atoms with Gasteiger partial charge in [-0.1, -0.05) is 11.6 Å². The van der Waals surface area contributed by atoms with Crippen molar-refractivity contribution in [2.24, 2.45) is 0 Å². The van der Waals surface area contributed by atoms with Crippen molar-refractivity contribution in [3.05, 3.63) is 53.6 Å². The molecule has 2 aliphatic rings. The Bertz CT molecular complexity index is 966. The van der Waals surface area contributed by atoms with Crippen LogP contribution < -0.4 is 10.2 Å². The van der Waals surface area contributed by atoms with Crippen molar-refractivity contribution in [1.82, 2.24) is 9.80 Å². The predicted molar refractivity (Wildman–Crippen MR) is 136 cm³/mol. The average molecular weight is 527 g/mol. The van der Waals surface area contributed by atoms with Crippen LogP contribution in [-0.2, 0) is 4.79 Å². The molecule has 2 saturated heterocycles. The summed E-state index contributed by atoms with van der Waals surface area (Å²) in [7, 11) is 0. The maximum Gasteiger partial charge on any atom is 0.446 e. The number of rotatable bonds is 7. The fraction of sp³-hybridized carbons (Fsp3) is 0.480. The third kappa shape index (κ3) is 7.95. The maximum absolute atomic E-state index is 12.9. The van der Waals surface area contributed by atoms with Crippen LogP contribution in [0.3, 0.4) is 0 Å². The number of amides is 1. The number of hydrogen-bond acceptors (Lipinski definition) is 5. The number of carbonyl (C=O) groups excluding carboxylic acids is 1. The first-order valence-corrected chi connectivity index (χ1v) is 13.1. The summed E-state index contributed by atoms with van der Waals surface area (Å²) >= 11 is 5.87. The second kappa shape index (κ2) is 11.8. The highest BCUT2D eigenvalue weighted by Gasteiger charge is 2.29. The van der Waals surface area contributed by atoms with Gasteiger partial charge in [0.1, 0.15) is 0 Å². The Kier molecular flexibility index (Phi) is 8.73. The standard InChI is InChI=1S/C25H30ClF3N4OS/c26-19-3-7-22(8-4-19)32-16-14-31(15-17-32)13-11-24(34)33-12-1-2-21(18-33)30-20-5-9-23(10-6-20)35-25(27,28)29/h3-10,21,30H,1-2,11-18H2/t21-/m0/s1. The van der Waals surface area contributed by atoms with Crippen molar-refractivity contribution in [1.29, 1.82) is 0 Å². The van der Waals surface area contributed by atoms with Crippen molar-refractivity contribution in [2.45, 2.75) is 35.7 Å². The van der Waals surface area contributed by atoms with Crippen molar-refractivity contribution in [3.63, 3.8) is 0 Å². The highest BCUT2D eigenvalue weighted by Crippen LogP contribution is 2.37. The van der Waals surface area contributed by atoms with E-state index >= 15 is 0 Å². The number of nitrogens with zero attached hydrogens (tertiary/aromatic N) is 3. The lowest BCUT2D eigenvalue weighted by molar-refractivity contribution is -0.132. The third-order valence-electron chi connectivity index (χ3n) is 6.44. The Morgan fingerprint density at radius 2 is 1.69 bits per heavy atom. The molecule has 2 fully saturated rings. The van der Waals surface area contributed by atoms with Gasteiger partial charge in [0.05, 0.1) is 0 Å². The van der Waals surface area contributed by atoms with Gasteiger partial charge >= 0.3 is 5.51 Å². The summed E-state index contributed by atoms with van der Waals surface area (Å²) in [6.07, 6.45) is 2.33. The Morgan fingerprint density at radius 3 is 2.34 bits per heavy atom. The lowest BCUT2D eigenvalue weighted by atomic mass is 10.0. The Labute approximate surface area is 213 Å². The smallest absolute Gasteiger partial charge is 0.381 e. The van der Waals surface area contributed by atoms with E-state index < -0.39 is 5.51 Å². The van der Waals surface area contributed by atoms with E-state index in [0.717, 1.165) is 62.8 Å². The molecule has 1 atom stereocenters. The average Bonchev–Trinajstić information content (AvgIpc) is 2.84. The van der Waals surface area contributed by atoms with Gasteiger partial charge in [0.15, 0.2) is 0 Å². The van der Waals surface area contributed by atoms with Crippen LogP contribution in [0.2, 0.25) is 5.02 Å². The van der Waals surface area contributed by atoms with Gasteiger partial charge in [0.2, 0.25) is 5.91 Å². The first kappa shape index (κ1) is 26.0. The molecule has 35 heavy (non-hydrogen) atoms. The normalized spacial score (nSPS) is 19.6. The lowest BCUT2D eigenvalue weighted by Gasteiger charge is -2.37. The topological polar surface area (TPSA) is 38.8 Å². The van der Waals surface area contributed by atoms with Gasteiger partial charge in [-0.3, -0.25) is 9.69 Å². The zero-order valence-electron chi connectivity index (χ0n) is 19.4. The van der Waals surface area contributed by atoms with Crippen molar-refractivity contribution >= 4 is 40.6 Å². The second-order valence-electron chi connectivity index (χ2n) is 8.95. The van der Waals surface area contributed by atoms with E-state index in [1.165, 1.54) is 17.8 Å². The molecule has 10 heteroatoms. The number of thioether (sulfide) groups is 1. The Hall–Kier alpha value is -2.10. The highest BCUT2D eigenvalue weighted by atomic mass is 35.5. The third-order valence-corrected chi connectivity index (χ3v) is 7.43. The molecule has 5 nitrogen and oxygen atoms in total. The molecule has 0 unspecified atom stereocenters. The number of benzene rings is 2. The van der Waals surface area contributed by atoms with Crippen LogP contribution in [0.4, 0.5) is 24.5 Å². The quantitative estimate of drug-likeness (QED) is 0.478. The molecule has 2 aliphatic heterocycles. The molecule has 190 valence electrons. The molecule has 2 heterocycles. The molecule has 2 aromatic rings. The number of piperidine rings is 1. The molecule has 0 aromatic heterocycles. The molecule has 2 aromatic carbocycles. The van der Waals surface area contributed by atoms with E-state index in [9.17, 15) is 18.0 Å². The van der Waals surface area contributed by atoms with Crippen molar-refractivity contribution < 1.29 is 18.0 Å². The van der Waals surface area contributed by atoms with Crippen molar-refractivity contribution in [3.8, 4) is 0 Å². The summed E-state index contributed by atoms with van der Waals surface area (Å²) in [5, 5.41) is 4.11. The van der Waals surface area contributed by atoms with Crippen LogP contribution in [0.15, 0.2) is 53.4 Å². The summed E-state index contributed by atoms with van der Waals surface area (Å²) < 4.78 is 37.5. The minimum atomic E-state index is -4.29. The summed E-state index contributed by atoms with van der Waals surface area (Å²) in [5.74, 6) is 0.161. The summed E-state index contributed by atoms with van der Waals surface area (Å²) in [5.41, 5.74) is -2.34. The zero-order valence-corrected chi connectivity index (χ0v) is 21.0. The lowest BCUT2D eigenvalue weighted by Crippen LogP contribution is -2.48. The summed E-state index contributed by atoms with van der Waals surface area (Å²) in [6.45, 7) is 5.80. The molecular formula is C25H30ClF3N4OS. The van der Waals surface area contributed by atoms with Crippen LogP contribution in [-0.4, -0.2) is 73.1 Å². The number of anilines is 2. The Balaban J connectivity index is 1.19. The summed E-state index contributed by atoms with van der Waals surface area (Å²) in [6, 6.07) is 14.3. The van der Waals surface area contributed by atoms with Crippen LogP contribution in [0.25, 0.3) is 0 Å². The molecule has 0 aliphatic carbocycles. The van der Waals surface area contributed by atoms with Gasteiger partial charge < -0.3 is 15.1 Å². The number of hydrogen-bond donors (Lipinski definition) is 1. The van der Waals surface area contributed by atoms with E-state index in [4.69, 9.17) is 11.6 Å². The molecule has 1 amide bonds. The predicted octanol–water partition coefficient (Wildman–Crippen LogP) is 5.57. The van der Waals surface area contributed by atoms with Crippen molar-refractivity contribution in [2.75, 3.05) is 56.0 Å². The molecular weight excluding hydrogens is 497 g/mol. The van der Waals surface area contributed by atoms with Crippen LogP contribution >= 0.6 is 23.4 Å². The number of likely N-dealkylation sites (tertiary alicyclic amines) is 1. The number of alkyl halides is 3. The van der Waals surface area contributed by atoms with Gasteiger partial charge in [-0.25, -0.2) is 0 Å². The minimum Gasteiger partial charge on any atom is -0.381 e. The molecule has 0 saturated carbocycles. The minimum absolute atomic E-state index is 0.0942. The Morgan fingerprint density at radius 1 is 1.00 bits per heavy atom. The van der Waals surface area contributed by atoms with Gasteiger partial charge in [-0.05, 0) is 73.1 Å². The van der Waals surface area contributed by atoms with E-state index in [1.54, 1.807) is 12.1 Å². The van der Waals surface area contributed by atoms with Gasteiger partial charge in [-0.15, -0.1) is 0 Å². The van der Waals surface area contributed by atoms with E-state index in [1.807, 2.05) is 29.2 Å². The molecule has 1 N–H and O–H groups in total. The SMILES string of the molecule is O=C(CCN1CCN(c2ccc(Cl)cc2)CC1)N1CCC[C@H](Nc2ccc(SC(F)(F)F)cc2)C1. The highest BCUT2D eigenvalue weighted by molar-refractivity contribution is 8.00.